The summed E-state index contributed by atoms with van der Waals surface area (Å²) >= 11 is 0. The predicted octanol–water partition coefficient (Wildman–Crippen LogP) is 9.42. The number of hydrogen-bond acceptors (Lipinski definition) is 3. The Balaban J connectivity index is 1.69. The maximum atomic E-state index is 12.9. The molecular formula is C33H49F3O3Si. The lowest BCUT2D eigenvalue weighted by molar-refractivity contribution is -0.171. The third kappa shape index (κ3) is 5.46. The average molecular weight is 579 g/mol. The van der Waals surface area contributed by atoms with E-state index in [9.17, 15) is 18.0 Å². The normalized spacial score (nSPS) is 32.1. The molecule has 2 fully saturated rings. The van der Waals surface area contributed by atoms with E-state index in [0.717, 1.165) is 44.3 Å². The molecular weight excluding hydrogens is 529 g/mol. The van der Waals surface area contributed by atoms with Crippen molar-refractivity contribution >= 4 is 14.1 Å². The van der Waals surface area contributed by atoms with E-state index in [-0.39, 0.29) is 40.2 Å². The van der Waals surface area contributed by atoms with Crippen molar-refractivity contribution in [2.24, 2.45) is 22.7 Å². The van der Waals surface area contributed by atoms with Crippen molar-refractivity contribution in [3.8, 4) is 5.75 Å². The zero-order chi connectivity index (χ0) is 29.7. The third-order valence-corrected chi connectivity index (χ3v) is 15.8. The Hall–Kier alpha value is -1.60. The highest BCUT2D eigenvalue weighted by Crippen LogP contribution is 2.70. The number of allylic oxidation sites excluding steroid dienone is 1. The molecule has 0 bridgehead atoms. The van der Waals surface area contributed by atoms with Crippen LogP contribution in [0.3, 0.4) is 0 Å². The Morgan fingerprint density at radius 3 is 2.48 bits per heavy atom. The highest BCUT2D eigenvalue weighted by Gasteiger charge is 2.64. The molecule has 0 saturated heterocycles. The lowest BCUT2D eigenvalue weighted by Crippen LogP contribution is -2.56. The molecule has 0 N–H and O–H groups in total. The Bertz CT molecular complexity index is 1110. The largest absolute Gasteiger partial charge is 0.497 e. The van der Waals surface area contributed by atoms with Gasteiger partial charge in [-0.1, -0.05) is 46.3 Å². The minimum atomic E-state index is -4.75. The zero-order valence-corrected chi connectivity index (χ0v) is 26.5. The number of Topliss-reactive ketones (excluding diaryl/α,β-unsaturated/α-hetero) is 1. The lowest BCUT2D eigenvalue weighted by Gasteiger charge is -2.61. The summed E-state index contributed by atoms with van der Waals surface area (Å²) in [6.45, 7) is 18.4. The van der Waals surface area contributed by atoms with Crippen LogP contribution < -0.4 is 4.74 Å². The summed E-state index contributed by atoms with van der Waals surface area (Å²) < 4.78 is 51.3. The standard InChI is InChI=1S/C33H49F3O3Si/c1-9-32-19-18-22-20-24(38-6)14-15-25(22)29(32)23(12-10-11-13-27(37)33(34,35)36)21-31(5)26(32)16-17-28(31)39-40(7,8)30(2,3)4/h9,14-15,20,23,26,28-29H,1,10-13,16-19,21H2,2-8H3/t23-,26+,28-,29+,31-,32-/m0/s1. The van der Waals surface area contributed by atoms with Gasteiger partial charge in [0.2, 0.25) is 5.78 Å². The topological polar surface area (TPSA) is 35.5 Å². The van der Waals surface area contributed by atoms with Gasteiger partial charge in [-0.05, 0) is 115 Å². The monoisotopic (exact) mass is 578 g/mol. The molecule has 2 saturated carbocycles. The van der Waals surface area contributed by atoms with Gasteiger partial charge in [0, 0.05) is 6.42 Å². The number of methoxy groups -OCH3 is 1. The van der Waals surface area contributed by atoms with Gasteiger partial charge in [0.25, 0.3) is 0 Å². The maximum Gasteiger partial charge on any atom is 0.449 e. The molecule has 1 aromatic carbocycles. The predicted molar refractivity (Wildman–Crippen MR) is 157 cm³/mol. The van der Waals surface area contributed by atoms with Crippen molar-refractivity contribution < 1.29 is 27.1 Å². The first kappa shape index (κ1) is 31.3. The van der Waals surface area contributed by atoms with Crippen LogP contribution in [0.15, 0.2) is 30.9 Å². The van der Waals surface area contributed by atoms with Gasteiger partial charge in [-0.2, -0.15) is 13.2 Å². The lowest BCUT2D eigenvalue weighted by atomic mass is 9.44. The fourth-order valence-electron chi connectivity index (χ4n) is 8.35. The van der Waals surface area contributed by atoms with Crippen molar-refractivity contribution in [1.29, 1.82) is 0 Å². The van der Waals surface area contributed by atoms with E-state index in [1.807, 2.05) is 6.07 Å². The van der Waals surface area contributed by atoms with Crippen molar-refractivity contribution in [2.75, 3.05) is 7.11 Å². The number of rotatable bonds is 9. The third-order valence-electron chi connectivity index (χ3n) is 11.3. The second-order valence-corrected chi connectivity index (χ2v) is 19.2. The number of unbranched alkanes of at least 4 members (excludes halogenated alkanes) is 1. The molecule has 0 radical (unpaired) electrons. The van der Waals surface area contributed by atoms with Gasteiger partial charge in [0.05, 0.1) is 13.2 Å². The van der Waals surface area contributed by atoms with Crippen molar-refractivity contribution in [3.63, 3.8) is 0 Å². The van der Waals surface area contributed by atoms with Crippen LogP contribution in [0.5, 0.6) is 5.75 Å². The first-order valence-electron chi connectivity index (χ1n) is 15.1. The van der Waals surface area contributed by atoms with Crippen LogP contribution in [0, 0.1) is 22.7 Å². The van der Waals surface area contributed by atoms with Gasteiger partial charge in [0.1, 0.15) is 5.75 Å². The van der Waals surface area contributed by atoms with Gasteiger partial charge in [-0.15, -0.1) is 6.58 Å². The number of carbonyl (C=O) groups is 1. The number of fused-ring (bicyclic) bond motifs is 5. The first-order chi connectivity index (χ1) is 18.5. The molecule has 0 amide bonds. The van der Waals surface area contributed by atoms with E-state index in [0.29, 0.717) is 12.3 Å². The van der Waals surface area contributed by atoms with Crippen molar-refractivity contribution in [2.45, 2.75) is 122 Å². The number of carbonyl (C=O) groups excluding carboxylic acids is 1. The van der Waals surface area contributed by atoms with Crippen LogP contribution in [-0.4, -0.2) is 33.5 Å². The van der Waals surface area contributed by atoms with Crippen LogP contribution >= 0.6 is 0 Å². The van der Waals surface area contributed by atoms with Gasteiger partial charge >= 0.3 is 6.18 Å². The van der Waals surface area contributed by atoms with Gasteiger partial charge in [0.15, 0.2) is 8.32 Å². The number of halogens is 3. The van der Waals surface area contributed by atoms with E-state index in [2.05, 4.69) is 65.6 Å². The number of aryl methyl sites for hydroxylation is 1. The molecule has 4 rings (SSSR count). The molecule has 0 heterocycles. The number of ether oxygens (including phenoxy) is 1. The van der Waals surface area contributed by atoms with Crippen LogP contribution in [-0.2, 0) is 15.6 Å². The van der Waals surface area contributed by atoms with Crippen LogP contribution in [0.25, 0.3) is 0 Å². The summed E-state index contributed by atoms with van der Waals surface area (Å²) in [6, 6.07) is 6.42. The average Bonchev–Trinajstić information content (AvgIpc) is 3.19. The maximum absolute atomic E-state index is 12.9. The van der Waals surface area contributed by atoms with Crippen LogP contribution in [0.4, 0.5) is 13.2 Å². The van der Waals surface area contributed by atoms with Gasteiger partial charge in [-0.25, -0.2) is 0 Å². The smallest absolute Gasteiger partial charge is 0.449 e. The number of ketones is 1. The highest BCUT2D eigenvalue weighted by atomic mass is 28.4. The molecule has 6 atom stereocenters. The molecule has 224 valence electrons. The second-order valence-electron chi connectivity index (χ2n) is 14.5. The Morgan fingerprint density at radius 2 is 1.88 bits per heavy atom. The number of hydrogen-bond donors (Lipinski definition) is 0. The molecule has 1 aromatic rings. The Kier molecular flexibility index (Phi) is 8.54. The SMILES string of the molecule is C=C[C@@]12CCc3cc(OC)ccc3[C@H]1[C@@H](CCCCC(=O)C(F)(F)F)C[C@]1(C)[C@@H](O[Si](C)(C)C(C)(C)C)CC[C@H]12. The Morgan fingerprint density at radius 1 is 1.18 bits per heavy atom. The summed E-state index contributed by atoms with van der Waals surface area (Å²) in [7, 11) is -0.316. The van der Waals surface area contributed by atoms with Crippen LogP contribution in [0.2, 0.25) is 18.1 Å². The minimum Gasteiger partial charge on any atom is -0.497 e. The molecule has 3 aliphatic carbocycles. The van der Waals surface area contributed by atoms with Crippen LogP contribution in [0.1, 0.15) is 96.1 Å². The fourth-order valence-corrected chi connectivity index (χ4v) is 9.80. The molecule has 0 aromatic heterocycles. The van der Waals surface area contributed by atoms with E-state index in [1.165, 1.54) is 11.1 Å². The zero-order valence-electron chi connectivity index (χ0n) is 25.5. The summed E-state index contributed by atoms with van der Waals surface area (Å²) in [5, 5.41) is 0.113. The number of alkyl halides is 3. The quantitative estimate of drug-likeness (QED) is 0.166. The fraction of sp³-hybridized carbons (Fsp3) is 0.727. The highest BCUT2D eigenvalue weighted by molar-refractivity contribution is 6.74. The summed E-state index contributed by atoms with van der Waals surface area (Å²) in [4.78, 5) is 11.6. The van der Waals surface area contributed by atoms with E-state index >= 15 is 0 Å². The number of benzene rings is 1. The molecule has 3 nitrogen and oxygen atoms in total. The van der Waals surface area contributed by atoms with E-state index in [1.54, 1.807) is 7.11 Å². The molecule has 3 aliphatic rings. The first-order valence-corrected chi connectivity index (χ1v) is 18.0. The summed E-state index contributed by atoms with van der Waals surface area (Å²) in [5.74, 6) is 0.211. The van der Waals surface area contributed by atoms with Crippen molar-refractivity contribution in [3.05, 3.63) is 42.0 Å². The molecule has 7 heteroatoms. The molecule has 0 aliphatic heterocycles. The van der Waals surface area contributed by atoms with E-state index < -0.39 is 26.7 Å². The summed E-state index contributed by atoms with van der Waals surface area (Å²) in [6.07, 6.45) is 4.00. The molecule has 0 spiro atoms. The second kappa shape index (κ2) is 10.9. The Labute approximate surface area is 240 Å². The minimum absolute atomic E-state index is 0.0311. The van der Waals surface area contributed by atoms with Gasteiger partial charge < -0.3 is 9.16 Å². The van der Waals surface area contributed by atoms with Crippen molar-refractivity contribution in [1.82, 2.24) is 0 Å². The molecule has 0 unspecified atom stereocenters. The van der Waals surface area contributed by atoms with Gasteiger partial charge in [-0.3, -0.25) is 4.79 Å². The summed E-state index contributed by atoms with van der Waals surface area (Å²) in [5.41, 5.74) is 2.54. The van der Waals surface area contributed by atoms with E-state index in [4.69, 9.17) is 9.16 Å². The molecule has 40 heavy (non-hydrogen) atoms.